The third kappa shape index (κ3) is 3.40. The highest BCUT2D eigenvalue weighted by atomic mass is 79.9. The summed E-state index contributed by atoms with van der Waals surface area (Å²) in [6.45, 7) is 3.60. The maximum atomic E-state index is 12.7. The van der Waals surface area contributed by atoms with E-state index in [1.807, 2.05) is 35.8 Å². The Bertz CT molecular complexity index is 1370. The van der Waals surface area contributed by atoms with Crippen LogP contribution in [0.2, 0.25) is 0 Å². The molecule has 3 heterocycles. The summed E-state index contributed by atoms with van der Waals surface area (Å²) in [6, 6.07) is 7.98. The monoisotopic (exact) mass is 497 g/mol. The SMILES string of the molecule is COc1cc2ncnc(N3CCC(n4c(=O)[nH]c5cc(C)c(Br)cc54)CC3)c2cc1OC. The van der Waals surface area contributed by atoms with Crippen LogP contribution >= 0.6 is 15.9 Å². The molecule has 32 heavy (non-hydrogen) atoms. The molecule has 0 atom stereocenters. The molecule has 2 aromatic carbocycles. The van der Waals surface area contributed by atoms with Crippen LogP contribution in [0.3, 0.4) is 0 Å². The number of methoxy groups -OCH3 is 2. The van der Waals surface area contributed by atoms with Gasteiger partial charge >= 0.3 is 5.69 Å². The number of hydrogen-bond acceptors (Lipinski definition) is 6. The molecule has 0 unspecified atom stereocenters. The standard InChI is InChI=1S/C23H24BrN5O3/c1-13-8-18-19(10-16(13)24)29(23(30)27-18)14-4-6-28(7-5-14)22-15-9-20(31-2)21(32-3)11-17(15)25-12-26-22/h8-12,14H,4-7H2,1-3H3,(H,27,30). The Balaban J connectivity index is 1.45. The first-order valence-electron chi connectivity index (χ1n) is 10.5. The molecule has 5 rings (SSSR count). The highest BCUT2D eigenvalue weighted by Gasteiger charge is 2.26. The van der Waals surface area contributed by atoms with Gasteiger partial charge in [0.2, 0.25) is 0 Å². The number of anilines is 1. The molecule has 1 aliphatic heterocycles. The Kier molecular flexibility index (Phi) is 5.28. The average molecular weight is 498 g/mol. The topological polar surface area (TPSA) is 85.3 Å². The number of rotatable bonds is 4. The van der Waals surface area contributed by atoms with Crippen LogP contribution in [0.5, 0.6) is 11.5 Å². The van der Waals surface area contributed by atoms with Crippen molar-refractivity contribution in [1.82, 2.24) is 19.5 Å². The largest absolute Gasteiger partial charge is 0.493 e. The summed E-state index contributed by atoms with van der Waals surface area (Å²) in [4.78, 5) is 27.0. The second-order valence-electron chi connectivity index (χ2n) is 8.06. The van der Waals surface area contributed by atoms with Crippen molar-refractivity contribution in [1.29, 1.82) is 0 Å². The predicted molar refractivity (Wildman–Crippen MR) is 128 cm³/mol. The molecule has 4 aromatic rings. The van der Waals surface area contributed by atoms with Crippen molar-refractivity contribution in [2.75, 3.05) is 32.2 Å². The van der Waals surface area contributed by atoms with Gasteiger partial charge in [0.05, 0.1) is 30.8 Å². The van der Waals surface area contributed by atoms with Gasteiger partial charge in [-0.05, 0) is 43.5 Å². The molecule has 1 fully saturated rings. The van der Waals surface area contributed by atoms with Gasteiger partial charge in [-0.15, -0.1) is 0 Å². The van der Waals surface area contributed by atoms with Gasteiger partial charge in [-0.2, -0.15) is 0 Å². The first-order chi connectivity index (χ1) is 15.5. The molecule has 1 N–H and O–H groups in total. The fourth-order valence-electron chi connectivity index (χ4n) is 4.58. The maximum Gasteiger partial charge on any atom is 0.326 e. The highest BCUT2D eigenvalue weighted by molar-refractivity contribution is 9.10. The Morgan fingerprint density at radius 2 is 1.78 bits per heavy atom. The van der Waals surface area contributed by atoms with Crippen LogP contribution in [0.4, 0.5) is 5.82 Å². The molecule has 8 nitrogen and oxygen atoms in total. The molecule has 2 aromatic heterocycles. The van der Waals surface area contributed by atoms with Crippen molar-refractivity contribution >= 4 is 43.7 Å². The predicted octanol–water partition coefficient (Wildman–Crippen LogP) is 4.20. The Morgan fingerprint density at radius 1 is 1.06 bits per heavy atom. The van der Waals surface area contributed by atoms with Gasteiger partial charge in [-0.3, -0.25) is 4.57 Å². The summed E-state index contributed by atoms with van der Waals surface area (Å²) in [7, 11) is 3.24. The van der Waals surface area contributed by atoms with Crippen molar-refractivity contribution in [3.8, 4) is 11.5 Å². The summed E-state index contributed by atoms with van der Waals surface area (Å²) >= 11 is 3.60. The normalized spacial score (nSPS) is 14.9. The number of piperidine rings is 1. The number of halogens is 1. The average Bonchev–Trinajstić information content (AvgIpc) is 3.12. The maximum absolute atomic E-state index is 12.7. The number of aromatic amines is 1. The molecular formula is C23H24BrN5O3. The van der Waals surface area contributed by atoms with E-state index < -0.39 is 0 Å². The summed E-state index contributed by atoms with van der Waals surface area (Å²) in [6.07, 6.45) is 3.27. The fraction of sp³-hybridized carbons (Fsp3) is 0.348. The van der Waals surface area contributed by atoms with Crippen LogP contribution < -0.4 is 20.1 Å². The molecule has 0 radical (unpaired) electrons. The van der Waals surface area contributed by atoms with Gasteiger partial charge in [-0.1, -0.05) is 15.9 Å². The zero-order valence-electron chi connectivity index (χ0n) is 18.2. The third-order valence-corrected chi connectivity index (χ3v) is 7.10. The lowest BCUT2D eigenvalue weighted by atomic mass is 10.0. The molecule has 0 bridgehead atoms. The van der Waals surface area contributed by atoms with Crippen LogP contribution in [-0.2, 0) is 0 Å². The molecule has 1 saturated heterocycles. The van der Waals surface area contributed by atoms with Crippen molar-refractivity contribution in [3.63, 3.8) is 0 Å². The quantitative estimate of drug-likeness (QED) is 0.454. The molecule has 0 saturated carbocycles. The highest BCUT2D eigenvalue weighted by Crippen LogP contribution is 2.36. The van der Waals surface area contributed by atoms with E-state index >= 15 is 0 Å². The number of ether oxygens (including phenoxy) is 2. The smallest absolute Gasteiger partial charge is 0.326 e. The molecule has 1 aliphatic rings. The molecule has 0 aliphatic carbocycles. The number of imidazole rings is 1. The Morgan fingerprint density at radius 3 is 2.50 bits per heavy atom. The number of nitrogens with zero attached hydrogens (tertiary/aromatic N) is 4. The van der Waals surface area contributed by atoms with E-state index in [0.717, 1.165) is 63.7 Å². The summed E-state index contributed by atoms with van der Waals surface area (Å²) in [5, 5.41) is 0.923. The van der Waals surface area contributed by atoms with Crippen molar-refractivity contribution in [3.05, 3.63) is 51.1 Å². The second-order valence-corrected chi connectivity index (χ2v) is 8.91. The zero-order valence-corrected chi connectivity index (χ0v) is 19.8. The van der Waals surface area contributed by atoms with Crippen LogP contribution in [0.15, 0.2) is 39.9 Å². The van der Waals surface area contributed by atoms with Crippen molar-refractivity contribution < 1.29 is 9.47 Å². The van der Waals surface area contributed by atoms with E-state index in [0.29, 0.717) is 11.5 Å². The number of aromatic nitrogens is 4. The number of aryl methyl sites for hydroxylation is 1. The Hall–Kier alpha value is -3.07. The lowest BCUT2D eigenvalue weighted by molar-refractivity contribution is 0.355. The minimum absolute atomic E-state index is 0.0553. The van der Waals surface area contributed by atoms with Gasteiger partial charge in [-0.25, -0.2) is 14.8 Å². The minimum atomic E-state index is -0.0553. The fourth-order valence-corrected chi connectivity index (χ4v) is 4.91. The molecular weight excluding hydrogens is 474 g/mol. The molecule has 166 valence electrons. The van der Waals surface area contributed by atoms with Crippen LogP contribution in [-0.4, -0.2) is 46.8 Å². The summed E-state index contributed by atoms with van der Waals surface area (Å²) < 4.78 is 13.8. The summed E-state index contributed by atoms with van der Waals surface area (Å²) in [5.74, 6) is 2.17. The number of benzene rings is 2. The van der Waals surface area contributed by atoms with E-state index in [1.54, 1.807) is 20.5 Å². The lowest BCUT2D eigenvalue weighted by Crippen LogP contribution is -2.37. The van der Waals surface area contributed by atoms with Crippen LogP contribution in [0, 0.1) is 6.92 Å². The lowest BCUT2D eigenvalue weighted by Gasteiger charge is -2.33. The van der Waals surface area contributed by atoms with Gasteiger partial charge < -0.3 is 19.4 Å². The molecule has 0 amide bonds. The van der Waals surface area contributed by atoms with E-state index in [-0.39, 0.29) is 11.7 Å². The van der Waals surface area contributed by atoms with E-state index in [1.165, 1.54) is 0 Å². The Labute approximate surface area is 193 Å². The first kappa shape index (κ1) is 20.8. The van der Waals surface area contributed by atoms with Gasteiger partial charge in [0.15, 0.2) is 11.5 Å². The van der Waals surface area contributed by atoms with E-state index in [4.69, 9.17) is 9.47 Å². The molecule has 9 heteroatoms. The first-order valence-corrected chi connectivity index (χ1v) is 11.3. The van der Waals surface area contributed by atoms with Gasteiger partial charge in [0.25, 0.3) is 0 Å². The number of H-pyrrole nitrogens is 1. The van der Waals surface area contributed by atoms with Crippen LogP contribution in [0.1, 0.15) is 24.4 Å². The number of nitrogens with one attached hydrogen (secondary N) is 1. The van der Waals surface area contributed by atoms with Crippen LogP contribution in [0.25, 0.3) is 21.9 Å². The molecule has 0 spiro atoms. The van der Waals surface area contributed by atoms with E-state index in [2.05, 4.69) is 35.8 Å². The van der Waals surface area contributed by atoms with Gasteiger partial charge in [0.1, 0.15) is 12.1 Å². The van der Waals surface area contributed by atoms with Crippen molar-refractivity contribution in [2.24, 2.45) is 0 Å². The summed E-state index contributed by atoms with van der Waals surface area (Å²) in [5.41, 5.74) is 3.67. The zero-order chi connectivity index (χ0) is 22.4. The number of fused-ring (bicyclic) bond motifs is 2. The van der Waals surface area contributed by atoms with Gasteiger partial charge in [0, 0.05) is 35.1 Å². The third-order valence-electron chi connectivity index (χ3n) is 6.25. The second kappa shape index (κ2) is 8.12. The number of hydrogen-bond donors (Lipinski definition) is 1. The van der Waals surface area contributed by atoms with Crippen molar-refractivity contribution in [2.45, 2.75) is 25.8 Å². The van der Waals surface area contributed by atoms with E-state index in [9.17, 15) is 4.79 Å². The minimum Gasteiger partial charge on any atom is -0.493 e.